The molecule has 0 atom stereocenters. The van der Waals surface area contributed by atoms with Gasteiger partial charge in [-0.15, -0.1) is 0 Å². The van der Waals surface area contributed by atoms with Crippen molar-refractivity contribution >= 4 is 23.4 Å². The van der Waals surface area contributed by atoms with Gasteiger partial charge in [0, 0.05) is 35.3 Å². The van der Waals surface area contributed by atoms with Gasteiger partial charge in [-0.1, -0.05) is 54.2 Å². The van der Waals surface area contributed by atoms with E-state index in [-0.39, 0.29) is 11.7 Å². The molecule has 1 aromatic heterocycles. The van der Waals surface area contributed by atoms with Crippen molar-refractivity contribution in [3.8, 4) is 11.3 Å². The Morgan fingerprint density at radius 3 is 2.50 bits per heavy atom. The van der Waals surface area contributed by atoms with Crippen LogP contribution in [-0.2, 0) is 11.3 Å². The largest absolute Gasteiger partial charge is 0.331 e. The summed E-state index contributed by atoms with van der Waals surface area (Å²) >= 11 is 1.36. The van der Waals surface area contributed by atoms with E-state index >= 15 is 0 Å². The molecule has 30 heavy (non-hydrogen) atoms. The molecule has 1 amide bonds. The summed E-state index contributed by atoms with van der Waals surface area (Å²) < 4.78 is 0. The Morgan fingerprint density at radius 2 is 1.77 bits per heavy atom. The van der Waals surface area contributed by atoms with Crippen LogP contribution in [0.25, 0.3) is 11.3 Å². The van der Waals surface area contributed by atoms with Crippen LogP contribution in [0.3, 0.4) is 0 Å². The van der Waals surface area contributed by atoms with Crippen molar-refractivity contribution in [1.82, 2.24) is 9.97 Å². The van der Waals surface area contributed by atoms with Crippen molar-refractivity contribution in [2.75, 3.05) is 24.2 Å². The second-order valence-electron chi connectivity index (χ2n) is 7.71. The summed E-state index contributed by atoms with van der Waals surface area (Å²) in [6.07, 6.45) is 2.66. The van der Waals surface area contributed by atoms with Crippen molar-refractivity contribution in [1.29, 1.82) is 0 Å². The smallest absolute Gasteiger partial charge is 0.234 e. The monoisotopic (exact) mass is 419 g/mol. The van der Waals surface area contributed by atoms with Gasteiger partial charge in [0.15, 0.2) is 5.16 Å². The van der Waals surface area contributed by atoms with Gasteiger partial charge in [-0.2, -0.15) is 0 Å². The number of benzene rings is 2. The number of hydrogen-bond acceptors (Lipinski definition) is 4. The van der Waals surface area contributed by atoms with Crippen LogP contribution in [0.4, 0.5) is 5.69 Å². The van der Waals surface area contributed by atoms with E-state index in [1.807, 2.05) is 55.5 Å². The van der Waals surface area contributed by atoms with E-state index in [4.69, 9.17) is 0 Å². The van der Waals surface area contributed by atoms with E-state index in [1.54, 1.807) is 4.90 Å². The molecule has 0 bridgehead atoms. The molecular weight excluding hydrogens is 392 g/mol. The number of anilines is 1. The Kier molecular flexibility index (Phi) is 6.77. The molecule has 4 rings (SSSR count). The molecule has 0 radical (unpaired) electrons. The molecule has 1 fully saturated rings. The molecule has 6 heteroatoms. The number of aryl methyl sites for hydroxylation is 1. The summed E-state index contributed by atoms with van der Waals surface area (Å²) in [4.78, 5) is 23.1. The molecule has 2 N–H and O–H groups in total. The van der Waals surface area contributed by atoms with Gasteiger partial charge in [-0.3, -0.25) is 4.79 Å². The molecule has 1 aliphatic heterocycles. The van der Waals surface area contributed by atoms with Crippen LogP contribution in [0.15, 0.2) is 65.8 Å². The van der Waals surface area contributed by atoms with Gasteiger partial charge >= 0.3 is 0 Å². The molecule has 0 saturated carbocycles. The average molecular weight is 420 g/mol. The summed E-state index contributed by atoms with van der Waals surface area (Å²) in [7, 11) is 0. The first-order chi connectivity index (χ1) is 14.7. The number of carbonyl (C=O) groups excluding carboxylic acids is 1. The zero-order valence-electron chi connectivity index (χ0n) is 17.2. The van der Waals surface area contributed by atoms with E-state index in [0.29, 0.717) is 5.16 Å². The maximum atomic E-state index is 12.4. The molecule has 0 unspecified atom stereocenters. The molecule has 0 spiro atoms. The molecule has 1 aliphatic rings. The topological polar surface area (TPSA) is 59.3 Å². The van der Waals surface area contributed by atoms with Crippen molar-refractivity contribution in [3.05, 3.63) is 71.9 Å². The van der Waals surface area contributed by atoms with Gasteiger partial charge in [-0.05, 0) is 25.1 Å². The SMILES string of the molecule is Cc1cc(-c2ccccc2)nc(SCC(=O)Nc2ccc(C[NH+]3CCCC3)cc2)n1. The highest BCUT2D eigenvalue weighted by molar-refractivity contribution is 7.99. The third kappa shape index (κ3) is 5.68. The summed E-state index contributed by atoms with van der Waals surface area (Å²) in [5, 5.41) is 3.59. The molecule has 154 valence electrons. The first kappa shape index (κ1) is 20.6. The highest BCUT2D eigenvalue weighted by atomic mass is 32.2. The number of quaternary nitrogens is 1. The average Bonchev–Trinajstić information content (AvgIpc) is 3.27. The predicted octanol–water partition coefficient (Wildman–Crippen LogP) is 3.36. The van der Waals surface area contributed by atoms with Crippen LogP contribution in [-0.4, -0.2) is 34.7 Å². The number of likely N-dealkylation sites (tertiary alicyclic amines) is 1. The molecule has 2 aromatic carbocycles. The lowest BCUT2D eigenvalue weighted by atomic mass is 10.1. The first-order valence-electron chi connectivity index (χ1n) is 10.4. The molecule has 5 nitrogen and oxygen atoms in total. The van der Waals surface area contributed by atoms with E-state index in [1.165, 1.54) is 43.3 Å². The van der Waals surface area contributed by atoms with E-state index in [0.717, 1.165) is 29.2 Å². The first-order valence-corrected chi connectivity index (χ1v) is 11.4. The normalized spacial score (nSPS) is 14.0. The van der Waals surface area contributed by atoms with Gasteiger partial charge in [0.25, 0.3) is 0 Å². The molecule has 0 aliphatic carbocycles. The number of rotatable bonds is 7. The van der Waals surface area contributed by atoms with E-state index in [9.17, 15) is 4.79 Å². The Morgan fingerprint density at radius 1 is 1.03 bits per heavy atom. The predicted molar refractivity (Wildman–Crippen MR) is 122 cm³/mol. The number of carbonyl (C=O) groups is 1. The van der Waals surface area contributed by atoms with Gasteiger partial charge in [0.05, 0.1) is 24.5 Å². The van der Waals surface area contributed by atoms with Crippen molar-refractivity contribution in [2.45, 2.75) is 31.5 Å². The van der Waals surface area contributed by atoms with Gasteiger partial charge in [0.2, 0.25) is 5.91 Å². The van der Waals surface area contributed by atoms with Gasteiger partial charge in [0.1, 0.15) is 6.54 Å². The van der Waals surface area contributed by atoms with Gasteiger partial charge < -0.3 is 10.2 Å². The minimum absolute atomic E-state index is 0.0516. The van der Waals surface area contributed by atoms with Crippen LogP contribution in [0, 0.1) is 6.92 Å². The summed E-state index contributed by atoms with van der Waals surface area (Å²) in [5.74, 6) is 0.224. The Labute approximate surface area is 181 Å². The lowest BCUT2D eigenvalue weighted by Gasteiger charge is -2.12. The maximum Gasteiger partial charge on any atom is 0.234 e. The third-order valence-electron chi connectivity index (χ3n) is 5.24. The second-order valence-corrected chi connectivity index (χ2v) is 8.65. The number of nitrogens with one attached hydrogen (secondary N) is 2. The fraction of sp³-hybridized carbons (Fsp3) is 0.292. The Balaban J connectivity index is 1.32. The van der Waals surface area contributed by atoms with Crippen LogP contribution < -0.4 is 10.2 Å². The van der Waals surface area contributed by atoms with Crippen molar-refractivity contribution in [3.63, 3.8) is 0 Å². The molecule has 1 saturated heterocycles. The maximum absolute atomic E-state index is 12.4. The van der Waals surface area contributed by atoms with Crippen molar-refractivity contribution < 1.29 is 9.69 Å². The van der Waals surface area contributed by atoms with E-state index < -0.39 is 0 Å². The minimum Gasteiger partial charge on any atom is -0.331 e. The third-order valence-corrected chi connectivity index (χ3v) is 6.09. The van der Waals surface area contributed by atoms with Crippen LogP contribution in [0.2, 0.25) is 0 Å². The zero-order valence-corrected chi connectivity index (χ0v) is 18.0. The van der Waals surface area contributed by atoms with E-state index in [2.05, 4.69) is 27.4 Å². The quantitative estimate of drug-likeness (QED) is 0.455. The molecular formula is C24H27N4OS+. The highest BCUT2D eigenvalue weighted by Gasteiger charge is 2.15. The Hall–Kier alpha value is -2.70. The zero-order chi connectivity index (χ0) is 20.8. The minimum atomic E-state index is -0.0516. The fourth-order valence-corrected chi connectivity index (χ4v) is 4.44. The lowest BCUT2D eigenvalue weighted by molar-refractivity contribution is -0.901. The van der Waals surface area contributed by atoms with Crippen LogP contribution in [0.1, 0.15) is 24.1 Å². The fourth-order valence-electron chi connectivity index (χ4n) is 3.74. The summed E-state index contributed by atoms with van der Waals surface area (Å²) in [5.41, 5.74) is 4.96. The standard InChI is InChI=1S/C24H26N4OS/c1-18-15-22(20-7-3-2-4-8-20)27-24(25-18)30-17-23(29)26-21-11-9-19(10-12-21)16-28-13-5-6-14-28/h2-4,7-12,15H,5-6,13-14,16-17H2,1H3,(H,26,29)/p+1. The number of aromatic nitrogens is 2. The number of hydrogen-bond donors (Lipinski definition) is 2. The van der Waals surface area contributed by atoms with Crippen LogP contribution in [0.5, 0.6) is 0 Å². The highest BCUT2D eigenvalue weighted by Crippen LogP contribution is 2.21. The molecule has 2 heterocycles. The molecule has 3 aromatic rings. The number of thioether (sulfide) groups is 1. The van der Waals surface area contributed by atoms with Gasteiger partial charge in [-0.25, -0.2) is 9.97 Å². The van der Waals surface area contributed by atoms with Crippen molar-refractivity contribution in [2.24, 2.45) is 0 Å². The lowest BCUT2D eigenvalue weighted by Crippen LogP contribution is -3.08. The van der Waals surface area contributed by atoms with Crippen LogP contribution >= 0.6 is 11.8 Å². The second kappa shape index (κ2) is 9.87. The summed E-state index contributed by atoms with van der Waals surface area (Å²) in [6, 6.07) is 20.2. The Bertz CT molecular complexity index is 986. The summed E-state index contributed by atoms with van der Waals surface area (Å²) in [6.45, 7) is 5.55. The number of amides is 1. The number of nitrogens with zero attached hydrogens (tertiary/aromatic N) is 2.